The van der Waals surface area contributed by atoms with Crippen LogP contribution in [0.2, 0.25) is 5.02 Å². The topological polar surface area (TPSA) is 58.2 Å². The number of halogens is 1. The van der Waals surface area contributed by atoms with E-state index in [9.17, 15) is 9.59 Å². The van der Waals surface area contributed by atoms with Crippen molar-refractivity contribution in [3.05, 3.63) is 59.1 Å². The minimum absolute atomic E-state index is 0.255. The van der Waals surface area contributed by atoms with Gasteiger partial charge in [0.2, 0.25) is 11.8 Å². The lowest BCUT2D eigenvalue weighted by atomic mass is 10.0. The lowest BCUT2D eigenvalue weighted by molar-refractivity contribution is -0.131. The molecule has 0 saturated heterocycles. The average molecular weight is 329 g/mol. The van der Waals surface area contributed by atoms with E-state index in [1.165, 1.54) is 0 Å². The number of benzene rings is 2. The molecule has 1 saturated carbocycles. The molecule has 0 aliphatic heterocycles. The fourth-order valence-electron chi connectivity index (χ4n) is 2.44. The molecule has 0 aromatic heterocycles. The Kier molecular flexibility index (Phi) is 4.09. The van der Waals surface area contributed by atoms with Crippen molar-refractivity contribution in [2.45, 2.75) is 19.8 Å². The van der Waals surface area contributed by atoms with Gasteiger partial charge in [0, 0.05) is 16.4 Å². The van der Waals surface area contributed by atoms with E-state index in [4.69, 9.17) is 11.6 Å². The van der Waals surface area contributed by atoms with E-state index in [-0.39, 0.29) is 11.8 Å². The van der Waals surface area contributed by atoms with Gasteiger partial charge < -0.3 is 10.6 Å². The predicted molar refractivity (Wildman–Crippen MR) is 91.6 cm³/mol. The van der Waals surface area contributed by atoms with E-state index < -0.39 is 5.41 Å². The first kappa shape index (κ1) is 15.6. The molecular weight excluding hydrogens is 312 g/mol. The van der Waals surface area contributed by atoms with Gasteiger partial charge in [-0.2, -0.15) is 0 Å². The van der Waals surface area contributed by atoms with Gasteiger partial charge in [0.25, 0.3) is 0 Å². The van der Waals surface area contributed by atoms with E-state index >= 15 is 0 Å². The SMILES string of the molecule is Cc1cccc(NC(=O)C2(C(=O)Nc3ccc(Cl)cc3)CC2)c1. The molecule has 5 heteroatoms. The second-order valence-corrected chi connectivity index (χ2v) is 6.30. The molecule has 4 nitrogen and oxygen atoms in total. The van der Waals surface area contributed by atoms with Crippen LogP contribution in [0.5, 0.6) is 0 Å². The quantitative estimate of drug-likeness (QED) is 0.833. The molecule has 0 radical (unpaired) electrons. The Morgan fingerprint density at radius 2 is 1.57 bits per heavy atom. The standard InChI is InChI=1S/C18H17ClN2O2/c1-12-3-2-4-15(11-12)21-17(23)18(9-10-18)16(22)20-14-7-5-13(19)6-8-14/h2-8,11H,9-10H2,1H3,(H,20,22)(H,21,23). The Balaban J connectivity index is 1.69. The van der Waals surface area contributed by atoms with Gasteiger partial charge in [-0.25, -0.2) is 0 Å². The van der Waals surface area contributed by atoms with Crippen LogP contribution < -0.4 is 10.6 Å². The smallest absolute Gasteiger partial charge is 0.240 e. The molecule has 3 rings (SSSR count). The number of aryl methyl sites for hydroxylation is 1. The van der Waals surface area contributed by atoms with Gasteiger partial charge in [-0.15, -0.1) is 0 Å². The average Bonchev–Trinajstić information content (AvgIpc) is 3.31. The number of carbonyl (C=O) groups excluding carboxylic acids is 2. The van der Waals surface area contributed by atoms with Gasteiger partial charge in [0.05, 0.1) is 0 Å². The molecule has 2 aromatic carbocycles. The van der Waals surface area contributed by atoms with Crippen molar-refractivity contribution in [2.24, 2.45) is 5.41 Å². The van der Waals surface area contributed by atoms with Crippen molar-refractivity contribution in [1.82, 2.24) is 0 Å². The number of anilines is 2. The lowest BCUT2D eigenvalue weighted by Crippen LogP contribution is -2.35. The normalized spacial score (nSPS) is 14.9. The Morgan fingerprint density at radius 3 is 2.13 bits per heavy atom. The highest BCUT2D eigenvalue weighted by Gasteiger charge is 2.56. The zero-order chi connectivity index (χ0) is 16.4. The van der Waals surface area contributed by atoms with E-state index in [0.29, 0.717) is 29.2 Å². The Labute approximate surface area is 139 Å². The Morgan fingerprint density at radius 1 is 0.957 bits per heavy atom. The number of rotatable bonds is 4. The van der Waals surface area contributed by atoms with E-state index in [1.54, 1.807) is 24.3 Å². The number of amides is 2. The molecule has 0 spiro atoms. The highest BCUT2D eigenvalue weighted by molar-refractivity contribution is 6.30. The largest absolute Gasteiger partial charge is 0.325 e. The fraction of sp³-hybridized carbons (Fsp3) is 0.222. The molecule has 0 bridgehead atoms. The van der Waals surface area contributed by atoms with E-state index in [2.05, 4.69) is 10.6 Å². The molecule has 2 aromatic rings. The van der Waals surface area contributed by atoms with Crippen LogP contribution in [0.3, 0.4) is 0 Å². The summed E-state index contributed by atoms with van der Waals surface area (Å²) in [5.41, 5.74) is 1.43. The third kappa shape index (κ3) is 3.37. The molecule has 118 valence electrons. The van der Waals surface area contributed by atoms with E-state index in [0.717, 1.165) is 5.56 Å². The maximum atomic E-state index is 12.5. The maximum absolute atomic E-state index is 12.5. The molecule has 2 N–H and O–H groups in total. The summed E-state index contributed by atoms with van der Waals surface area (Å²) in [6.07, 6.45) is 1.12. The van der Waals surface area contributed by atoms with Crippen molar-refractivity contribution >= 4 is 34.8 Å². The van der Waals surface area contributed by atoms with Gasteiger partial charge >= 0.3 is 0 Å². The summed E-state index contributed by atoms with van der Waals surface area (Å²) in [4.78, 5) is 25.0. The summed E-state index contributed by atoms with van der Waals surface area (Å²) in [5.74, 6) is -0.528. The molecule has 1 aliphatic carbocycles. The molecule has 0 unspecified atom stereocenters. The predicted octanol–water partition coefficient (Wildman–Crippen LogP) is 4.01. The third-order valence-corrected chi connectivity index (χ3v) is 4.25. The molecule has 0 heterocycles. The molecule has 1 fully saturated rings. The van der Waals surface area contributed by atoms with Crippen LogP contribution >= 0.6 is 11.6 Å². The van der Waals surface area contributed by atoms with Crippen LogP contribution in [0.25, 0.3) is 0 Å². The van der Waals surface area contributed by atoms with Crippen molar-refractivity contribution in [3.8, 4) is 0 Å². The number of nitrogens with one attached hydrogen (secondary N) is 2. The van der Waals surface area contributed by atoms with Crippen LogP contribution in [-0.2, 0) is 9.59 Å². The highest BCUT2D eigenvalue weighted by Crippen LogP contribution is 2.47. The van der Waals surface area contributed by atoms with E-state index in [1.807, 2.05) is 31.2 Å². The van der Waals surface area contributed by atoms with Crippen molar-refractivity contribution in [1.29, 1.82) is 0 Å². The minimum Gasteiger partial charge on any atom is -0.325 e. The minimum atomic E-state index is -0.969. The highest BCUT2D eigenvalue weighted by atomic mass is 35.5. The van der Waals surface area contributed by atoms with Gasteiger partial charge in [-0.1, -0.05) is 23.7 Å². The van der Waals surface area contributed by atoms with Crippen LogP contribution in [0.15, 0.2) is 48.5 Å². The summed E-state index contributed by atoms with van der Waals surface area (Å²) in [7, 11) is 0. The van der Waals surface area contributed by atoms with Crippen molar-refractivity contribution in [2.75, 3.05) is 10.6 Å². The first-order chi connectivity index (χ1) is 11.0. The summed E-state index contributed by atoms with van der Waals surface area (Å²) < 4.78 is 0. The number of hydrogen-bond donors (Lipinski definition) is 2. The summed E-state index contributed by atoms with van der Waals surface area (Å²) in [5, 5.41) is 6.23. The third-order valence-electron chi connectivity index (χ3n) is 4.00. The van der Waals surface area contributed by atoms with Gasteiger partial charge in [-0.05, 0) is 61.7 Å². The van der Waals surface area contributed by atoms with Gasteiger partial charge in [0.1, 0.15) is 5.41 Å². The fourth-order valence-corrected chi connectivity index (χ4v) is 2.57. The van der Waals surface area contributed by atoms with Crippen molar-refractivity contribution < 1.29 is 9.59 Å². The Bertz CT molecular complexity index is 752. The van der Waals surface area contributed by atoms with Crippen LogP contribution in [0.1, 0.15) is 18.4 Å². The van der Waals surface area contributed by atoms with Crippen LogP contribution in [0, 0.1) is 12.3 Å². The summed E-state index contributed by atoms with van der Waals surface area (Å²) in [6, 6.07) is 14.4. The molecule has 2 amide bonds. The second-order valence-electron chi connectivity index (χ2n) is 5.87. The molecule has 1 aliphatic rings. The van der Waals surface area contributed by atoms with Crippen molar-refractivity contribution in [3.63, 3.8) is 0 Å². The number of carbonyl (C=O) groups is 2. The maximum Gasteiger partial charge on any atom is 0.240 e. The monoisotopic (exact) mass is 328 g/mol. The Hall–Kier alpha value is -2.33. The molecular formula is C18H17ClN2O2. The first-order valence-electron chi connectivity index (χ1n) is 7.45. The second kappa shape index (κ2) is 6.05. The van der Waals surface area contributed by atoms with Crippen LogP contribution in [0.4, 0.5) is 11.4 Å². The summed E-state index contributed by atoms with van der Waals surface area (Å²) >= 11 is 5.83. The zero-order valence-corrected chi connectivity index (χ0v) is 13.5. The molecule has 0 atom stereocenters. The van der Waals surface area contributed by atoms with Gasteiger partial charge in [0.15, 0.2) is 0 Å². The first-order valence-corrected chi connectivity index (χ1v) is 7.83. The lowest BCUT2D eigenvalue weighted by Gasteiger charge is -2.15. The zero-order valence-electron chi connectivity index (χ0n) is 12.7. The molecule has 23 heavy (non-hydrogen) atoms. The van der Waals surface area contributed by atoms with Gasteiger partial charge in [-0.3, -0.25) is 9.59 Å². The summed E-state index contributed by atoms with van der Waals surface area (Å²) in [6.45, 7) is 1.95. The number of hydrogen-bond acceptors (Lipinski definition) is 2. The van der Waals surface area contributed by atoms with Crippen LogP contribution in [-0.4, -0.2) is 11.8 Å².